The first-order chi connectivity index (χ1) is 19.0. The lowest BCUT2D eigenvalue weighted by Crippen LogP contribution is -2.32. The van der Waals surface area contributed by atoms with Gasteiger partial charge in [-0.05, 0) is 46.0 Å². The molecular weight excluding hydrogens is 492 g/mol. The summed E-state index contributed by atoms with van der Waals surface area (Å²) in [7, 11) is 0. The van der Waals surface area contributed by atoms with Crippen LogP contribution < -0.4 is 5.32 Å². The highest BCUT2D eigenvalue weighted by Gasteiger charge is 2.29. The van der Waals surface area contributed by atoms with Gasteiger partial charge in [-0.1, -0.05) is 84.9 Å². The minimum atomic E-state index is -0.980. The average molecular weight is 521 g/mol. The summed E-state index contributed by atoms with van der Waals surface area (Å²) >= 11 is 0. The van der Waals surface area contributed by atoms with Crippen molar-refractivity contribution < 1.29 is 24.2 Å². The molecule has 0 spiro atoms. The number of carboxylic acid groups (broad SMARTS) is 1. The van der Waals surface area contributed by atoms with Crippen molar-refractivity contribution in [1.29, 1.82) is 0 Å². The van der Waals surface area contributed by atoms with Gasteiger partial charge in [-0.3, -0.25) is 14.9 Å². The molecule has 0 aliphatic heterocycles. The molecule has 4 aromatic carbocycles. The van der Waals surface area contributed by atoms with Crippen LogP contribution >= 0.6 is 0 Å². The van der Waals surface area contributed by atoms with Crippen molar-refractivity contribution in [2.75, 3.05) is 18.5 Å². The standard InChI is InChI=1S/C32H28N2O5/c35-30(36)17-18-34(20-22-9-2-1-3-10-22)31(37)23-11-8-12-24(19-23)33-32(38)39-21-29-27-15-6-4-13-25(27)26-14-5-7-16-28(26)29/h1-16,19,29H,17-18,20-21H2,(H,33,38)(H,35,36). The number of ether oxygens (including phenoxy) is 1. The molecule has 1 aliphatic carbocycles. The van der Waals surface area contributed by atoms with Gasteiger partial charge < -0.3 is 14.7 Å². The first-order valence-corrected chi connectivity index (χ1v) is 12.8. The Balaban J connectivity index is 1.25. The summed E-state index contributed by atoms with van der Waals surface area (Å²) in [6.45, 7) is 0.516. The number of nitrogens with one attached hydrogen (secondary N) is 1. The van der Waals surface area contributed by atoms with Gasteiger partial charge in [0.05, 0.1) is 6.42 Å². The number of rotatable bonds is 9. The number of carboxylic acids is 1. The molecular formula is C32H28N2O5. The third-order valence-electron chi connectivity index (χ3n) is 6.80. The summed E-state index contributed by atoms with van der Waals surface area (Å²) in [4.78, 5) is 38.7. The molecule has 7 heteroatoms. The lowest BCUT2D eigenvalue weighted by atomic mass is 9.98. The molecule has 0 atom stereocenters. The van der Waals surface area contributed by atoms with Crippen molar-refractivity contribution >= 4 is 23.7 Å². The third kappa shape index (κ3) is 5.99. The largest absolute Gasteiger partial charge is 0.481 e. The fourth-order valence-electron chi connectivity index (χ4n) is 4.95. The van der Waals surface area contributed by atoms with Crippen LogP contribution in [-0.2, 0) is 16.1 Å². The minimum absolute atomic E-state index is 0.0585. The molecule has 39 heavy (non-hydrogen) atoms. The number of carbonyl (C=O) groups is 3. The van der Waals surface area contributed by atoms with Crippen molar-refractivity contribution in [3.05, 3.63) is 125 Å². The quantitative estimate of drug-likeness (QED) is 0.275. The Hall–Kier alpha value is -4.91. The maximum Gasteiger partial charge on any atom is 0.411 e. The van der Waals surface area contributed by atoms with Gasteiger partial charge in [0.25, 0.3) is 5.91 Å². The van der Waals surface area contributed by atoms with Crippen molar-refractivity contribution in [1.82, 2.24) is 4.90 Å². The van der Waals surface area contributed by atoms with Crippen LogP contribution in [-0.4, -0.2) is 41.1 Å². The van der Waals surface area contributed by atoms with Gasteiger partial charge in [0.15, 0.2) is 0 Å². The Morgan fingerprint density at radius 1 is 0.795 bits per heavy atom. The zero-order chi connectivity index (χ0) is 27.2. The van der Waals surface area contributed by atoms with E-state index in [0.29, 0.717) is 11.3 Å². The molecule has 0 bridgehead atoms. The lowest BCUT2D eigenvalue weighted by molar-refractivity contribution is -0.137. The van der Waals surface area contributed by atoms with E-state index in [9.17, 15) is 14.4 Å². The second-order valence-electron chi connectivity index (χ2n) is 9.39. The summed E-state index contributed by atoms with van der Waals surface area (Å²) in [6.07, 6.45) is -0.788. The van der Waals surface area contributed by atoms with E-state index < -0.39 is 12.1 Å². The van der Waals surface area contributed by atoms with E-state index in [1.54, 1.807) is 24.3 Å². The van der Waals surface area contributed by atoms with Crippen molar-refractivity contribution in [2.24, 2.45) is 0 Å². The summed E-state index contributed by atoms with van der Waals surface area (Å²) in [6, 6.07) is 32.2. The number of amides is 2. The molecule has 0 saturated heterocycles. The number of hydrogen-bond acceptors (Lipinski definition) is 4. The van der Waals surface area contributed by atoms with E-state index in [1.165, 1.54) is 4.90 Å². The lowest BCUT2D eigenvalue weighted by Gasteiger charge is -2.22. The van der Waals surface area contributed by atoms with Crippen LogP contribution in [0.15, 0.2) is 103 Å². The molecule has 0 fully saturated rings. The monoisotopic (exact) mass is 520 g/mol. The van der Waals surface area contributed by atoms with Gasteiger partial charge in [-0.25, -0.2) is 4.79 Å². The second-order valence-corrected chi connectivity index (χ2v) is 9.39. The van der Waals surface area contributed by atoms with Crippen molar-refractivity contribution in [3.63, 3.8) is 0 Å². The second kappa shape index (κ2) is 11.6. The molecule has 0 radical (unpaired) electrons. The zero-order valence-corrected chi connectivity index (χ0v) is 21.2. The molecule has 196 valence electrons. The van der Waals surface area contributed by atoms with Crippen LogP contribution in [0.25, 0.3) is 11.1 Å². The highest BCUT2D eigenvalue weighted by atomic mass is 16.5. The molecule has 2 N–H and O–H groups in total. The molecule has 7 nitrogen and oxygen atoms in total. The molecule has 1 aliphatic rings. The average Bonchev–Trinajstić information content (AvgIpc) is 3.28. The fraction of sp³-hybridized carbons (Fsp3) is 0.156. The molecule has 4 aromatic rings. The SMILES string of the molecule is O=C(O)CCN(Cc1ccccc1)C(=O)c1cccc(NC(=O)OCC2c3ccccc3-c3ccccc32)c1. The Morgan fingerprint density at radius 2 is 1.44 bits per heavy atom. The fourth-order valence-corrected chi connectivity index (χ4v) is 4.95. The van der Waals surface area contributed by atoms with E-state index >= 15 is 0 Å². The van der Waals surface area contributed by atoms with E-state index in [2.05, 4.69) is 29.6 Å². The smallest absolute Gasteiger partial charge is 0.411 e. The van der Waals surface area contributed by atoms with Gasteiger partial charge in [0.1, 0.15) is 6.61 Å². The molecule has 0 saturated carbocycles. The first kappa shape index (κ1) is 25.7. The summed E-state index contributed by atoms with van der Waals surface area (Å²) in [5.41, 5.74) is 6.19. The van der Waals surface area contributed by atoms with Crippen LogP contribution in [0.2, 0.25) is 0 Å². The van der Waals surface area contributed by atoms with E-state index in [-0.39, 0.29) is 37.9 Å². The Bertz CT molecular complexity index is 1460. The van der Waals surface area contributed by atoms with Crippen molar-refractivity contribution in [2.45, 2.75) is 18.9 Å². The van der Waals surface area contributed by atoms with Crippen LogP contribution in [0.5, 0.6) is 0 Å². The van der Waals surface area contributed by atoms with Crippen LogP contribution in [0.1, 0.15) is 39.4 Å². The molecule has 5 rings (SSSR count). The van der Waals surface area contributed by atoms with Gasteiger partial charge in [-0.15, -0.1) is 0 Å². The normalized spacial score (nSPS) is 11.8. The number of nitrogens with zero attached hydrogens (tertiary/aromatic N) is 1. The van der Waals surface area contributed by atoms with Crippen LogP contribution in [0.4, 0.5) is 10.5 Å². The predicted octanol–water partition coefficient (Wildman–Crippen LogP) is 6.16. The Kier molecular flexibility index (Phi) is 7.68. The molecule has 2 amide bonds. The molecule has 0 aromatic heterocycles. The van der Waals surface area contributed by atoms with Gasteiger partial charge in [0, 0.05) is 30.3 Å². The first-order valence-electron chi connectivity index (χ1n) is 12.8. The van der Waals surface area contributed by atoms with Gasteiger partial charge in [0.2, 0.25) is 0 Å². The van der Waals surface area contributed by atoms with Crippen LogP contribution in [0, 0.1) is 0 Å². The van der Waals surface area contributed by atoms with E-state index in [0.717, 1.165) is 27.8 Å². The number of carbonyl (C=O) groups excluding carboxylic acids is 2. The summed E-state index contributed by atoms with van der Waals surface area (Å²) in [5, 5.41) is 11.9. The number of anilines is 1. The Labute approximate surface area is 226 Å². The highest BCUT2D eigenvalue weighted by Crippen LogP contribution is 2.44. The highest BCUT2D eigenvalue weighted by molar-refractivity contribution is 5.96. The topological polar surface area (TPSA) is 95.9 Å². The van der Waals surface area contributed by atoms with Gasteiger partial charge in [-0.2, -0.15) is 0 Å². The van der Waals surface area contributed by atoms with Crippen molar-refractivity contribution in [3.8, 4) is 11.1 Å². The van der Waals surface area contributed by atoms with E-state index in [4.69, 9.17) is 9.84 Å². The summed E-state index contributed by atoms with van der Waals surface area (Å²) < 4.78 is 5.62. The zero-order valence-electron chi connectivity index (χ0n) is 21.2. The number of hydrogen-bond donors (Lipinski definition) is 2. The van der Waals surface area contributed by atoms with Crippen LogP contribution in [0.3, 0.4) is 0 Å². The Morgan fingerprint density at radius 3 is 2.10 bits per heavy atom. The number of aliphatic carboxylic acids is 1. The maximum atomic E-state index is 13.3. The van der Waals surface area contributed by atoms with E-state index in [1.807, 2.05) is 54.6 Å². The number of benzene rings is 4. The molecule has 0 unspecified atom stereocenters. The summed E-state index contributed by atoms with van der Waals surface area (Å²) in [5.74, 6) is -1.36. The maximum absolute atomic E-state index is 13.3. The third-order valence-corrected chi connectivity index (χ3v) is 6.80. The molecule has 0 heterocycles. The predicted molar refractivity (Wildman–Crippen MR) is 149 cm³/mol. The van der Waals surface area contributed by atoms with Gasteiger partial charge >= 0.3 is 12.1 Å². The minimum Gasteiger partial charge on any atom is -0.481 e. The number of fused-ring (bicyclic) bond motifs is 3.